The Balaban J connectivity index is 1.37. The SMILES string of the molecule is C[C@@H]1CN(c2nc3nncn3c3c2ncn3CCN(C)C)[C@@H](C)CN1C(c1ccc(C(F)(F)F)cc1)c1ccc(C(F)(F)F)cn1. The molecule has 1 aliphatic heterocycles. The second-order valence-electron chi connectivity index (χ2n) is 11.9. The van der Waals surface area contributed by atoms with Crippen molar-refractivity contribution in [3.8, 4) is 0 Å². The first-order chi connectivity index (χ1) is 21.7. The number of hydrogen-bond acceptors (Lipinski definition) is 8. The van der Waals surface area contributed by atoms with Crippen LogP contribution in [0.1, 0.15) is 42.3 Å². The number of alkyl halides is 6. The van der Waals surface area contributed by atoms with E-state index >= 15 is 0 Å². The Morgan fingerprint density at radius 1 is 0.870 bits per heavy atom. The van der Waals surface area contributed by atoms with E-state index in [2.05, 4.69) is 29.9 Å². The van der Waals surface area contributed by atoms with Crippen LogP contribution in [0.15, 0.2) is 55.2 Å². The number of likely N-dealkylation sites (N-methyl/N-ethyl adjacent to an activating group) is 1. The lowest BCUT2D eigenvalue weighted by Gasteiger charge is -2.47. The number of pyridine rings is 1. The predicted molar refractivity (Wildman–Crippen MR) is 158 cm³/mol. The minimum absolute atomic E-state index is 0.185. The van der Waals surface area contributed by atoms with Crippen molar-refractivity contribution >= 4 is 22.8 Å². The van der Waals surface area contributed by atoms with Crippen molar-refractivity contribution in [3.63, 3.8) is 0 Å². The van der Waals surface area contributed by atoms with Crippen LogP contribution in [0.2, 0.25) is 0 Å². The van der Waals surface area contributed by atoms with Crippen LogP contribution in [0.25, 0.3) is 16.9 Å². The molecule has 1 aliphatic rings. The van der Waals surface area contributed by atoms with Crippen LogP contribution in [0.3, 0.4) is 0 Å². The normalized spacial score (nSPS) is 19.1. The topological polar surface area (TPSA) is 83.5 Å². The smallest absolute Gasteiger partial charge is 0.349 e. The summed E-state index contributed by atoms with van der Waals surface area (Å²) in [6, 6.07) is 5.81. The number of imidazole rings is 1. The van der Waals surface area contributed by atoms with E-state index in [1.807, 2.05) is 32.5 Å². The average molecular weight is 647 g/mol. The van der Waals surface area contributed by atoms with Crippen LogP contribution < -0.4 is 4.90 Å². The van der Waals surface area contributed by atoms with Crippen molar-refractivity contribution in [1.82, 2.24) is 43.9 Å². The van der Waals surface area contributed by atoms with Crippen LogP contribution >= 0.6 is 0 Å². The first-order valence-electron chi connectivity index (χ1n) is 14.6. The van der Waals surface area contributed by atoms with E-state index in [9.17, 15) is 26.3 Å². The van der Waals surface area contributed by atoms with Gasteiger partial charge in [-0.05, 0) is 57.8 Å². The van der Waals surface area contributed by atoms with E-state index in [0.717, 1.165) is 36.6 Å². The molecule has 1 unspecified atom stereocenters. The van der Waals surface area contributed by atoms with Gasteiger partial charge in [0, 0.05) is 44.5 Å². The Morgan fingerprint density at radius 2 is 1.57 bits per heavy atom. The summed E-state index contributed by atoms with van der Waals surface area (Å²) in [6.45, 7) is 6.25. The first kappa shape index (κ1) is 31.7. The molecule has 0 bridgehead atoms. The molecule has 46 heavy (non-hydrogen) atoms. The van der Waals surface area contributed by atoms with Gasteiger partial charge in [-0.2, -0.15) is 31.3 Å². The molecule has 0 spiro atoms. The Labute approximate surface area is 260 Å². The zero-order chi connectivity index (χ0) is 33.0. The van der Waals surface area contributed by atoms with Crippen molar-refractivity contribution in [2.75, 3.05) is 38.6 Å². The Kier molecular flexibility index (Phi) is 8.13. The number of fused-ring (bicyclic) bond motifs is 3. The van der Waals surface area contributed by atoms with Crippen LogP contribution in [-0.2, 0) is 18.9 Å². The molecule has 0 aliphatic carbocycles. The molecule has 0 radical (unpaired) electrons. The fourth-order valence-corrected chi connectivity index (χ4v) is 5.99. The fourth-order valence-electron chi connectivity index (χ4n) is 5.99. The lowest BCUT2D eigenvalue weighted by atomic mass is 9.95. The first-order valence-corrected chi connectivity index (χ1v) is 14.6. The number of nitrogens with zero attached hydrogens (tertiary/aromatic N) is 10. The maximum atomic E-state index is 13.4. The van der Waals surface area contributed by atoms with Crippen LogP contribution in [0.4, 0.5) is 32.2 Å². The van der Waals surface area contributed by atoms with E-state index in [0.29, 0.717) is 48.0 Å². The van der Waals surface area contributed by atoms with Gasteiger partial charge in [0.25, 0.3) is 5.78 Å². The van der Waals surface area contributed by atoms with Gasteiger partial charge in [-0.15, -0.1) is 10.2 Å². The molecule has 6 rings (SSSR count). The fraction of sp³-hybridized carbons (Fsp3) is 0.433. The molecule has 1 saturated heterocycles. The van der Waals surface area contributed by atoms with Crippen molar-refractivity contribution in [1.29, 1.82) is 0 Å². The zero-order valence-electron chi connectivity index (χ0n) is 25.5. The van der Waals surface area contributed by atoms with E-state index in [1.54, 1.807) is 17.1 Å². The van der Waals surface area contributed by atoms with E-state index in [1.165, 1.54) is 18.2 Å². The van der Waals surface area contributed by atoms with E-state index < -0.39 is 29.5 Å². The number of piperazine rings is 1. The molecule has 0 amide bonds. The summed E-state index contributed by atoms with van der Waals surface area (Å²) in [5.74, 6) is 1.03. The van der Waals surface area contributed by atoms with Crippen LogP contribution in [0, 0.1) is 0 Å². The molecule has 0 saturated carbocycles. The quantitative estimate of drug-likeness (QED) is 0.225. The number of benzene rings is 1. The molecular weight excluding hydrogens is 614 g/mol. The van der Waals surface area contributed by atoms with Gasteiger partial charge < -0.3 is 14.4 Å². The molecule has 3 atom stereocenters. The number of aromatic nitrogens is 7. The second-order valence-corrected chi connectivity index (χ2v) is 11.9. The minimum Gasteiger partial charge on any atom is -0.349 e. The molecule has 16 heteroatoms. The van der Waals surface area contributed by atoms with E-state index in [-0.39, 0.29) is 12.1 Å². The van der Waals surface area contributed by atoms with Gasteiger partial charge in [0.15, 0.2) is 11.5 Å². The van der Waals surface area contributed by atoms with E-state index in [4.69, 9.17) is 9.97 Å². The second kappa shape index (κ2) is 11.8. The highest BCUT2D eigenvalue weighted by Crippen LogP contribution is 2.38. The number of halogens is 6. The summed E-state index contributed by atoms with van der Waals surface area (Å²) in [5.41, 5.74) is 0.527. The molecule has 0 N–H and O–H groups in total. The Bertz CT molecular complexity index is 1750. The molecule has 5 aromatic rings. The van der Waals surface area contributed by atoms with Gasteiger partial charge >= 0.3 is 12.4 Å². The largest absolute Gasteiger partial charge is 0.417 e. The predicted octanol–water partition coefficient (Wildman–Crippen LogP) is 5.16. The zero-order valence-corrected chi connectivity index (χ0v) is 25.5. The molecule has 10 nitrogen and oxygen atoms in total. The van der Waals surface area contributed by atoms with Gasteiger partial charge in [-0.3, -0.25) is 9.88 Å². The maximum absolute atomic E-state index is 13.4. The maximum Gasteiger partial charge on any atom is 0.417 e. The van der Waals surface area contributed by atoms with Gasteiger partial charge in [0.2, 0.25) is 0 Å². The molecule has 1 fully saturated rings. The highest BCUT2D eigenvalue weighted by molar-refractivity contribution is 5.86. The summed E-state index contributed by atoms with van der Waals surface area (Å²) >= 11 is 0. The number of anilines is 1. The summed E-state index contributed by atoms with van der Waals surface area (Å²) in [6.07, 6.45) is -4.99. The lowest BCUT2D eigenvalue weighted by Crippen LogP contribution is -2.57. The van der Waals surface area contributed by atoms with Crippen molar-refractivity contribution < 1.29 is 26.3 Å². The van der Waals surface area contributed by atoms with Crippen molar-refractivity contribution in [2.45, 2.75) is 50.9 Å². The molecule has 244 valence electrons. The lowest BCUT2D eigenvalue weighted by molar-refractivity contribution is -0.138. The third kappa shape index (κ3) is 5.98. The summed E-state index contributed by atoms with van der Waals surface area (Å²) in [7, 11) is 3.97. The summed E-state index contributed by atoms with van der Waals surface area (Å²) in [5, 5.41) is 8.26. The van der Waals surface area contributed by atoms with Gasteiger partial charge in [0.05, 0.1) is 29.2 Å². The number of hydrogen-bond donors (Lipinski definition) is 0. The molecule has 5 heterocycles. The van der Waals surface area contributed by atoms with Crippen LogP contribution in [-0.4, -0.2) is 89.7 Å². The van der Waals surface area contributed by atoms with Gasteiger partial charge in [-0.25, -0.2) is 9.38 Å². The van der Waals surface area contributed by atoms with Gasteiger partial charge in [-0.1, -0.05) is 12.1 Å². The Hall–Kier alpha value is -4.31. The number of rotatable bonds is 7. The average Bonchev–Trinajstić information content (AvgIpc) is 3.64. The molecular formula is C30H32F6N10. The minimum atomic E-state index is -4.58. The third-order valence-electron chi connectivity index (χ3n) is 8.36. The summed E-state index contributed by atoms with van der Waals surface area (Å²) in [4.78, 5) is 19.9. The third-order valence-corrected chi connectivity index (χ3v) is 8.36. The van der Waals surface area contributed by atoms with Crippen LogP contribution in [0.5, 0.6) is 0 Å². The van der Waals surface area contributed by atoms with Crippen molar-refractivity contribution in [2.24, 2.45) is 0 Å². The molecule has 1 aromatic carbocycles. The highest BCUT2D eigenvalue weighted by atomic mass is 19.4. The van der Waals surface area contributed by atoms with Gasteiger partial charge in [0.1, 0.15) is 11.8 Å². The van der Waals surface area contributed by atoms with Crippen molar-refractivity contribution in [3.05, 3.63) is 77.6 Å². The molecule has 4 aromatic heterocycles. The summed E-state index contributed by atoms with van der Waals surface area (Å²) < 4.78 is 84.0. The Morgan fingerprint density at radius 3 is 2.20 bits per heavy atom. The monoisotopic (exact) mass is 646 g/mol. The standard InChI is InChI=1S/C30H32F6N10/c1-18-15-45(26-24-27(46-17-39-41-28(46)40-26)43(16-38-24)12-11-42(3)4)19(2)14-44(18)25(20-5-7-21(8-6-20)29(31,32)33)23-10-9-22(13-37-23)30(34,35)36/h5-10,13,16-19,25H,11-12,14-15H2,1-4H3/t18-,19+,25?/m1/s1. The highest BCUT2D eigenvalue weighted by Gasteiger charge is 2.39.